The third kappa shape index (κ3) is 5.20. The van der Waals surface area contributed by atoms with Crippen molar-refractivity contribution in [1.82, 2.24) is 9.88 Å². The second-order valence-corrected chi connectivity index (χ2v) is 7.22. The summed E-state index contributed by atoms with van der Waals surface area (Å²) in [6.45, 7) is 5.53. The number of ether oxygens (including phenoxy) is 1. The van der Waals surface area contributed by atoms with Gasteiger partial charge in [0.15, 0.2) is 0 Å². The van der Waals surface area contributed by atoms with Gasteiger partial charge in [-0.2, -0.15) is 5.26 Å². The Kier molecular flexibility index (Phi) is 7.04. The zero-order chi connectivity index (χ0) is 17.5. The number of hydrogen-bond donors (Lipinski definition) is 0. The number of nitriles is 1. The van der Waals surface area contributed by atoms with Crippen molar-refractivity contribution in [3.05, 3.63) is 16.2 Å². The van der Waals surface area contributed by atoms with Crippen LogP contribution in [-0.4, -0.2) is 36.4 Å². The summed E-state index contributed by atoms with van der Waals surface area (Å²) in [5.41, 5.74) is 1.67. The third-order valence-electron chi connectivity index (χ3n) is 4.42. The Labute approximate surface area is 152 Å². The van der Waals surface area contributed by atoms with Crippen molar-refractivity contribution in [3.8, 4) is 11.9 Å². The monoisotopic (exact) mass is 392 g/mol. The summed E-state index contributed by atoms with van der Waals surface area (Å²) >= 11 is 3.53. The van der Waals surface area contributed by atoms with E-state index in [4.69, 9.17) is 10.00 Å². The standard InChI is InChI=1S/C18H25BrN4O/c1-4-23(3)12-21-17-9-16(19)18(22-13(17)2)24-11-15-7-5-6-14(8-15)10-20/h9,12,14-15H,4-8,11H2,1-3H3/b21-12+. The Morgan fingerprint density at radius 1 is 1.54 bits per heavy atom. The van der Waals surface area contributed by atoms with E-state index >= 15 is 0 Å². The molecule has 0 bridgehead atoms. The zero-order valence-electron chi connectivity index (χ0n) is 14.6. The van der Waals surface area contributed by atoms with Gasteiger partial charge in [0, 0.05) is 19.5 Å². The van der Waals surface area contributed by atoms with E-state index in [0.29, 0.717) is 18.4 Å². The van der Waals surface area contributed by atoms with Crippen LogP contribution in [0.2, 0.25) is 0 Å². The maximum Gasteiger partial charge on any atom is 0.228 e. The van der Waals surface area contributed by atoms with Gasteiger partial charge < -0.3 is 9.64 Å². The molecule has 0 aliphatic heterocycles. The number of rotatable bonds is 6. The lowest BCUT2D eigenvalue weighted by molar-refractivity contribution is 0.186. The lowest BCUT2D eigenvalue weighted by Gasteiger charge is -2.25. The smallest absolute Gasteiger partial charge is 0.228 e. The van der Waals surface area contributed by atoms with Crippen molar-refractivity contribution in [2.24, 2.45) is 16.8 Å². The first-order valence-corrected chi connectivity index (χ1v) is 9.26. The highest BCUT2D eigenvalue weighted by molar-refractivity contribution is 9.10. The molecular formula is C18H25BrN4O. The van der Waals surface area contributed by atoms with Gasteiger partial charge in [-0.25, -0.2) is 9.98 Å². The molecule has 2 unspecified atom stereocenters. The summed E-state index contributed by atoms with van der Waals surface area (Å²) in [5.74, 6) is 1.22. The first kappa shape index (κ1) is 18.7. The molecule has 0 N–H and O–H groups in total. The van der Waals surface area contributed by atoms with E-state index in [-0.39, 0.29) is 5.92 Å². The van der Waals surface area contributed by atoms with E-state index in [1.54, 1.807) is 6.34 Å². The average molecular weight is 393 g/mol. The Bertz CT molecular complexity index is 626. The quantitative estimate of drug-likeness (QED) is 0.528. The van der Waals surface area contributed by atoms with E-state index in [0.717, 1.165) is 48.1 Å². The van der Waals surface area contributed by atoms with Crippen LogP contribution in [0, 0.1) is 30.1 Å². The van der Waals surface area contributed by atoms with E-state index in [1.807, 2.05) is 24.9 Å². The van der Waals surface area contributed by atoms with Crippen LogP contribution < -0.4 is 4.74 Å². The molecule has 1 aromatic heterocycles. The van der Waals surface area contributed by atoms with Gasteiger partial charge in [-0.15, -0.1) is 0 Å². The molecule has 6 heteroatoms. The first-order chi connectivity index (χ1) is 11.5. The molecule has 1 fully saturated rings. The minimum absolute atomic E-state index is 0.178. The zero-order valence-corrected chi connectivity index (χ0v) is 16.2. The summed E-state index contributed by atoms with van der Waals surface area (Å²) < 4.78 is 6.73. The fraction of sp³-hybridized carbons (Fsp3) is 0.611. The Hall–Kier alpha value is -1.61. The van der Waals surface area contributed by atoms with Gasteiger partial charge in [-0.1, -0.05) is 6.42 Å². The molecule has 0 radical (unpaired) electrons. The predicted octanol–water partition coefficient (Wildman–Crippen LogP) is 4.47. The minimum atomic E-state index is 0.178. The molecule has 130 valence electrons. The largest absolute Gasteiger partial charge is 0.477 e. The van der Waals surface area contributed by atoms with Gasteiger partial charge in [0.05, 0.1) is 34.9 Å². The molecule has 1 aliphatic rings. The lowest BCUT2D eigenvalue weighted by Crippen LogP contribution is -2.20. The fourth-order valence-electron chi connectivity index (χ4n) is 2.78. The molecule has 0 amide bonds. The van der Waals surface area contributed by atoms with Crippen molar-refractivity contribution in [3.63, 3.8) is 0 Å². The summed E-state index contributed by atoms with van der Waals surface area (Å²) in [7, 11) is 1.98. The summed E-state index contributed by atoms with van der Waals surface area (Å²) in [6, 6.07) is 4.33. The van der Waals surface area contributed by atoms with Crippen LogP contribution in [0.1, 0.15) is 38.3 Å². The number of aromatic nitrogens is 1. The van der Waals surface area contributed by atoms with Gasteiger partial charge >= 0.3 is 0 Å². The van der Waals surface area contributed by atoms with Crippen molar-refractivity contribution < 1.29 is 4.74 Å². The number of hydrogen-bond acceptors (Lipinski definition) is 4. The number of aryl methyl sites for hydroxylation is 1. The van der Waals surface area contributed by atoms with Crippen LogP contribution >= 0.6 is 15.9 Å². The van der Waals surface area contributed by atoms with Crippen LogP contribution in [0.4, 0.5) is 5.69 Å². The van der Waals surface area contributed by atoms with Crippen LogP contribution in [0.15, 0.2) is 15.5 Å². The van der Waals surface area contributed by atoms with Gasteiger partial charge in [0.1, 0.15) is 0 Å². The number of pyridine rings is 1. The van der Waals surface area contributed by atoms with Crippen LogP contribution in [0.3, 0.4) is 0 Å². The Morgan fingerprint density at radius 2 is 2.33 bits per heavy atom. The van der Waals surface area contributed by atoms with Crippen molar-refractivity contribution >= 4 is 28.0 Å². The highest BCUT2D eigenvalue weighted by atomic mass is 79.9. The molecule has 0 aromatic carbocycles. The fourth-order valence-corrected chi connectivity index (χ4v) is 3.20. The molecule has 0 saturated heterocycles. The predicted molar refractivity (Wildman–Crippen MR) is 99.7 cm³/mol. The molecule has 24 heavy (non-hydrogen) atoms. The van der Waals surface area contributed by atoms with Gasteiger partial charge in [-0.3, -0.25) is 0 Å². The highest BCUT2D eigenvalue weighted by Crippen LogP contribution is 2.32. The summed E-state index contributed by atoms with van der Waals surface area (Å²) in [4.78, 5) is 11.0. The lowest BCUT2D eigenvalue weighted by atomic mass is 9.83. The summed E-state index contributed by atoms with van der Waals surface area (Å²) in [5, 5.41) is 9.08. The Balaban J connectivity index is 2.00. The molecule has 1 aliphatic carbocycles. The molecule has 1 aromatic rings. The van der Waals surface area contributed by atoms with Gasteiger partial charge in [0.2, 0.25) is 5.88 Å². The van der Waals surface area contributed by atoms with E-state index < -0.39 is 0 Å². The highest BCUT2D eigenvalue weighted by Gasteiger charge is 2.22. The van der Waals surface area contributed by atoms with Gasteiger partial charge in [-0.05, 0) is 61.0 Å². The topological polar surface area (TPSA) is 61.5 Å². The first-order valence-electron chi connectivity index (χ1n) is 8.47. The number of nitrogens with zero attached hydrogens (tertiary/aromatic N) is 4. The second-order valence-electron chi connectivity index (χ2n) is 6.37. The molecule has 1 heterocycles. The van der Waals surface area contributed by atoms with Crippen LogP contribution in [-0.2, 0) is 0 Å². The van der Waals surface area contributed by atoms with Crippen molar-refractivity contribution in [2.45, 2.75) is 39.5 Å². The minimum Gasteiger partial charge on any atom is -0.477 e. The normalized spacial score (nSPS) is 20.8. The van der Waals surface area contributed by atoms with E-state index in [1.165, 1.54) is 0 Å². The molecule has 0 spiro atoms. The van der Waals surface area contributed by atoms with Crippen molar-refractivity contribution in [1.29, 1.82) is 5.26 Å². The van der Waals surface area contributed by atoms with Crippen LogP contribution in [0.25, 0.3) is 0 Å². The van der Waals surface area contributed by atoms with Crippen molar-refractivity contribution in [2.75, 3.05) is 20.2 Å². The maximum atomic E-state index is 9.08. The van der Waals surface area contributed by atoms with Crippen LogP contribution in [0.5, 0.6) is 5.88 Å². The SMILES string of the molecule is CCN(C)/C=N/c1cc(Br)c(OCC2CCCC(C#N)C2)nc1C. The molecule has 2 atom stereocenters. The van der Waals surface area contributed by atoms with Gasteiger partial charge in [0.25, 0.3) is 0 Å². The second kappa shape index (κ2) is 9.03. The molecule has 2 rings (SSSR count). The van der Waals surface area contributed by atoms with E-state index in [2.05, 4.69) is 38.9 Å². The molecule has 5 nitrogen and oxygen atoms in total. The maximum absolute atomic E-state index is 9.08. The molecular weight excluding hydrogens is 368 g/mol. The number of aliphatic imine (C=N–C) groups is 1. The Morgan fingerprint density at radius 3 is 3.04 bits per heavy atom. The third-order valence-corrected chi connectivity index (χ3v) is 4.99. The number of halogens is 1. The van der Waals surface area contributed by atoms with E-state index in [9.17, 15) is 0 Å². The average Bonchev–Trinajstić information content (AvgIpc) is 2.60. The summed E-state index contributed by atoms with van der Waals surface area (Å²) in [6.07, 6.45) is 5.99. The molecule has 1 saturated carbocycles.